The number of imidazole rings is 1. The number of nitrogen functional groups attached to an aromatic ring is 1. The number of alkyl halides is 3. The maximum atomic E-state index is 14.1. The van der Waals surface area contributed by atoms with Gasteiger partial charge in [-0.05, 0) is 30.3 Å². The van der Waals surface area contributed by atoms with Crippen molar-refractivity contribution in [1.82, 2.24) is 9.38 Å². The molecule has 0 aliphatic carbocycles. The van der Waals surface area contributed by atoms with E-state index in [9.17, 15) is 31.5 Å². The van der Waals surface area contributed by atoms with E-state index in [4.69, 9.17) is 5.73 Å². The van der Waals surface area contributed by atoms with Crippen molar-refractivity contribution in [2.75, 3.05) is 5.73 Å². The number of aromatic nitrogens is 2. The molecule has 0 atom stereocenters. The number of fused-ring (bicyclic) bond motifs is 1. The van der Waals surface area contributed by atoms with Gasteiger partial charge in [0.05, 0.1) is 11.1 Å². The van der Waals surface area contributed by atoms with Crippen molar-refractivity contribution in [2.45, 2.75) is 6.18 Å². The molecule has 32 heavy (non-hydrogen) atoms. The first-order valence-corrected chi connectivity index (χ1v) is 9.07. The van der Waals surface area contributed by atoms with E-state index in [2.05, 4.69) is 4.98 Å². The number of nitrogens with zero attached hydrogens (tertiary/aromatic N) is 2. The number of hydrogen-bond acceptors (Lipinski definition) is 4. The molecule has 2 N–H and O–H groups in total. The lowest BCUT2D eigenvalue weighted by molar-refractivity contribution is -0.137. The normalized spacial score (nSPS) is 11.7. The van der Waals surface area contributed by atoms with E-state index < -0.39 is 51.8 Å². The van der Waals surface area contributed by atoms with E-state index in [1.165, 1.54) is 18.2 Å². The Hall–Kier alpha value is -4.08. The van der Waals surface area contributed by atoms with Gasteiger partial charge in [-0.15, -0.1) is 0 Å². The van der Waals surface area contributed by atoms with Crippen molar-refractivity contribution in [1.29, 1.82) is 0 Å². The van der Waals surface area contributed by atoms with Crippen LogP contribution in [0.2, 0.25) is 0 Å². The van der Waals surface area contributed by atoms with Crippen LogP contribution in [-0.4, -0.2) is 21.0 Å². The number of halogens is 5. The van der Waals surface area contributed by atoms with Crippen molar-refractivity contribution in [3.63, 3.8) is 0 Å². The van der Waals surface area contributed by atoms with Crippen molar-refractivity contribution in [2.24, 2.45) is 0 Å². The van der Waals surface area contributed by atoms with Gasteiger partial charge in [-0.1, -0.05) is 24.3 Å². The molecular weight excluding hydrogens is 433 g/mol. The lowest BCUT2D eigenvalue weighted by Crippen LogP contribution is -2.15. The maximum absolute atomic E-state index is 14.1. The predicted molar refractivity (Wildman–Crippen MR) is 104 cm³/mol. The molecule has 0 fully saturated rings. The first-order chi connectivity index (χ1) is 15.1. The third-order valence-corrected chi connectivity index (χ3v) is 4.79. The van der Waals surface area contributed by atoms with Crippen molar-refractivity contribution in [3.8, 4) is 0 Å². The van der Waals surface area contributed by atoms with E-state index in [0.29, 0.717) is 0 Å². The number of benzene rings is 2. The minimum absolute atomic E-state index is 0.0586. The number of carbonyl (C=O) groups excluding carboxylic acids is 2. The summed E-state index contributed by atoms with van der Waals surface area (Å²) in [6, 6.07) is 9.57. The van der Waals surface area contributed by atoms with Gasteiger partial charge in [0, 0.05) is 17.3 Å². The van der Waals surface area contributed by atoms with Gasteiger partial charge in [0.1, 0.15) is 23.0 Å². The molecule has 2 aromatic carbocycles. The van der Waals surface area contributed by atoms with Gasteiger partial charge in [-0.3, -0.25) is 14.0 Å². The lowest BCUT2D eigenvalue weighted by atomic mass is 9.99. The Bertz CT molecular complexity index is 1370. The molecule has 0 amide bonds. The molecule has 0 saturated heterocycles. The molecule has 0 unspecified atom stereocenters. The summed E-state index contributed by atoms with van der Waals surface area (Å²) in [5.41, 5.74) is 2.60. The van der Waals surface area contributed by atoms with Gasteiger partial charge in [0.15, 0.2) is 11.6 Å². The van der Waals surface area contributed by atoms with Crippen LogP contribution in [0.5, 0.6) is 0 Å². The molecule has 10 heteroatoms. The maximum Gasteiger partial charge on any atom is 0.417 e. The number of ketones is 2. The molecule has 0 saturated carbocycles. The van der Waals surface area contributed by atoms with Crippen LogP contribution in [0.1, 0.15) is 37.5 Å². The van der Waals surface area contributed by atoms with Crippen LogP contribution in [-0.2, 0) is 6.18 Å². The van der Waals surface area contributed by atoms with Crippen molar-refractivity contribution >= 4 is 23.0 Å². The molecule has 5 nitrogen and oxygen atoms in total. The zero-order valence-corrected chi connectivity index (χ0v) is 16.0. The number of carbonyl (C=O) groups is 2. The van der Waals surface area contributed by atoms with Crippen molar-refractivity contribution in [3.05, 3.63) is 100 Å². The molecule has 0 spiro atoms. The summed E-state index contributed by atoms with van der Waals surface area (Å²) < 4.78 is 69.2. The van der Waals surface area contributed by atoms with Gasteiger partial charge in [0.25, 0.3) is 0 Å². The first-order valence-electron chi connectivity index (χ1n) is 9.07. The van der Waals surface area contributed by atoms with E-state index >= 15 is 0 Å². The number of anilines is 1. The Morgan fingerprint density at radius 1 is 0.875 bits per heavy atom. The fourth-order valence-electron chi connectivity index (χ4n) is 3.34. The van der Waals surface area contributed by atoms with E-state index in [0.717, 1.165) is 47.0 Å². The van der Waals surface area contributed by atoms with Gasteiger partial charge < -0.3 is 5.73 Å². The van der Waals surface area contributed by atoms with E-state index in [1.54, 1.807) is 0 Å². The average molecular weight is 445 g/mol. The summed E-state index contributed by atoms with van der Waals surface area (Å²) in [7, 11) is 0. The Labute approximate surface area is 176 Å². The highest BCUT2D eigenvalue weighted by molar-refractivity contribution is 6.12. The van der Waals surface area contributed by atoms with Crippen LogP contribution in [0, 0.1) is 11.6 Å². The Morgan fingerprint density at radius 3 is 2.19 bits per heavy atom. The molecular formula is C22H12F5N3O2. The largest absolute Gasteiger partial charge is 0.417 e. The second-order valence-electron chi connectivity index (χ2n) is 6.79. The number of hydrogen-bond donors (Lipinski definition) is 1. The molecule has 0 bridgehead atoms. The molecule has 2 aromatic heterocycles. The van der Waals surface area contributed by atoms with Crippen LogP contribution in [0.15, 0.2) is 60.8 Å². The summed E-state index contributed by atoms with van der Waals surface area (Å²) in [5.74, 6) is -4.72. The van der Waals surface area contributed by atoms with Gasteiger partial charge in [-0.25, -0.2) is 13.8 Å². The van der Waals surface area contributed by atoms with Crippen LogP contribution < -0.4 is 5.73 Å². The van der Waals surface area contributed by atoms with Crippen LogP contribution in [0.4, 0.5) is 27.8 Å². The third-order valence-electron chi connectivity index (χ3n) is 4.79. The quantitative estimate of drug-likeness (QED) is 0.366. The topological polar surface area (TPSA) is 77.5 Å². The second-order valence-corrected chi connectivity index (χ2v) is 6.79. The fraction of sp³-hybridized carbons (Fsp3) is 0.0455. The highest BCUT2D eigenvalue weighted by Crippen LogP contribution is 2.33. The SMILES string of the molecule is Nc1nc2ccc(C(=O)c3ccccc3C(F)(F)F)cn2c1C(=O)c1c(F)cccc1F. The van der Waals surface area contributed by atoms with Gasteiger partial charge in [0.2, 0.25) is 5.78 Å². The lowest BCUT2D eigenvalue weighted by Gasteiger charge is -2.12. The first kappa shape index (κ1) is 21.2. The zero-order chi connectivity index (χ0) is 23.2. The Kier molecular flexibility index (Phi) is 5.00. The molecule has 4 rings (SSSR count). The Morgan fingerprint density at radius 2 is 1.53 bits per heavy atom. The molecule has 0 aliphatic heterocycles. The van der Waals surface area contributed by atoms with Crippen LogP contribution in [0.3, 0.4) is 0 Å². The number of rotatable bonds is 4. The van der Waals surface area contributed by atoms with Gasteiger partial charge in [-0.2, -0.15) is 13.2 Å². The molecule has 162 valence electrons. The number of pyridine rings is 1. The summed E-state index contributed by atoms with van der Waals surface area (Å²) in [6.45, 7) is 0. The van der Waals surface area contributed by atoms with Gasteiger partial charge >= 0.3 is 6.18 Å². The molecule has 0 aliphatic rings. The summed E-state index contributed by atoms with van der Waals surface area (Å²) in [6.07, 6.45) is -3.71. The van der Waals surface area contributed by atoms with E-state index in [-0.39, 0.29) is 17.0 Å². The second kappa shape index (κ2) is 7.56. The van der Waals surface area contributed by atoms with Crippen LogP contribution in [0.25, 0.3) is 5.65 Å². The minimum atomic E-state index is -4.76. The fourth-order valence-corrected chi connectivity index (χ4v) is 3.34. The highest BCUT2D eigenvalue weighted by Gasteiger charge is 2.35. The minimum Gasteiger partial charge on any atom is -0.382 e. The highest BCUT2D eigenvalue weighted by atomic mass is 19.4. The smallest absolute Gasteiger partial charge is 0.382 e. The average Bonchev–Trinajstić information content (AvgIpc) is 3.07. The van der Waals surface area contributed by atoms with Crippen molar-refractivity contribution < 1.29 is 31.5 Å². The predicted octanol–water partition coefficient (Wildman–Crippen LogP) is 4.68. The zero-order valence-electron chi connectivity index (χ0n) is 16.0. The third kappa shape index (κ3) is 3.49. The Balaban J connectivity index is 1.87. The molecule has 4 aromatic rings. The summed E-state index contributed by atoms with van der Waals surface area (Å²) >= 11 is 0. The summed E-state index contributed by atoms with van der Waals surface area (Å²) in [5, 5.41) is 0. The van der Waals surface area contributed by atoms with Crippen LogP contribution >= 0.6 is 0 Å². The molecule has 2 heterocycles. The summed E-state index contributed by atoms with van der Waals surface area (Å²) in [4.78, 5) is 29.7. The monoisotopic (exact) mass is 445 g/mol. The number of nitrogens with two attached hydrogens (primary N) is 1. The standard InChI is InChI=1S/C22H12F5N3O2/c23-14-6-3-7-15(24)17(14)20(32)18-21(28)29-16-9-8-11(10-30(16)18)19(31)12-4-1-2-5-13(12)22(25,26)27/h1-10H,28H2. The molecule has 0 radical (unpaired) electrons. The van der Waals surface area contributed by atoms with E-state index in [1.807, 2.05) is 0 Å².